The Morgan fingerprint density at radius 2 is 2.11 bits per heavy atom. The average molecular weight is 343 g/mol. The predicted molar refractivity (Wildman–Crippen MR) is 88.7 cm³/mol. The molecule has 0 saturated carbocycles. The molecule has 0 amide bonds. The molecule has 0 bridgehead atoms. The zero-order chi connectivity index (χ0) is 13.5. The molecule has 1 aromatic rings. The summed E-state index contributed by atoms with van der Waals surface area (Å²) in [7, 11) is 0. The fraction of sp³-hybridized carbons (Fsp3) is 0.600. The molecule has 0 unspecified atom stereocenters. The molecule has 1 saturated heterocycles. The van der Waals surface area contributed by atoms with Crippen LogP contribution in [0.4, 0.5) is 0 Å². The lowest BCUT2D eigenvalue weighted by molar-refractivity contribution is 0.294. The lowest BCUT2D eigenvalue weighted by Gasteiger charge is -2.26. The summed E-state index contributed by atoms with van der Waals surface area (Å²) in [5, 5.41) is 3.45. The Labute approximate surface area is 129 Å². The molecule has 0 spiro atoms. The van der Waals surface area contributed by atoms with Crippen molar-refractivity contribution in [2.24, 2.45) is 0 Å². The topological polar surface area (TPSA) is 15.3 Å². The van der Waals surface area contributed by atoms with Crippen molar-refractivity contribution in [1.82, 2.24) is 10.2 Å². The molecule has 1 heterocycles. The van der Waals surface area contributed by atoms with Crippen LogP contribution in [-0.4, -0.2) is 36.0 Å². The van der Waals surface area contributed by atoms with Gasteiger partial charge in [-0.2, -0.15) is 11.8 Å². The van der Waals surface area contributed by atoms with Crippen LogP contribution in [0.2, 0.25) is 0 Å². The number of rotatable bonds is 6. The quantitative estimate of drug-likeness (QED) is 0.796. The van der Waals surface area contributed by atoms with E-state index in [2.05, 4.69) is 63.0 Å². The molecular weight excluding hydrogens is 320 g/mol. The number of hydrogen-bond donors (Lipinski definition) is 1. The molecule has 1 aromatic carbocycles. The highest BCUT2D eigenvalue weighted by Gasteiger charge is 2.12. The molecule has 0 aromatic heterocycles. The van der Waals surface area contributed by atoms with Crippen LogP contribution in [0.5, 0.6) is 0 Å². The van der Waals surface area contributed by atoms with E-state index < -0.39 is 0 Å². The summed E-state index contributed by atoms with van der Waals surface area (Å²) >= 11 is 5.79. The predicted octanol–water partition coefficient (Wildman–Crippen LogP) is 3.50. The third-order valence-corrected chi connectivity index (χ3v) is 5.05. The third-order valence-electron chi connectivity index (χ3n) is 3.37. The van der Waals surface area contributed by atoms with Gasteiger partial charge < -0.3 is 5.32 Å². The monoisotopic (exact) mass is 342 g/mol. The van der Waals surface area contributed by atoms with Gasteiger partial charge in [0.25, 0.3) is 0 Å². The standard InChI is InChI=1S/C15H23BrN2S/c1-2-5-17-11-13-3-4-14(15(16)10-13)12-18-6-8-19-9-7-18/h3-4,10,17H,2,5-9,11-12H2,1H3. The highest BCUT2D eigenvalue weighted by Crippen LogP contribution is 2.22. The van der Waals surface area contributed by atoms with Crippen molar-refractivity contribution in [3.8, 4) is 0 Å². The van der Waals surface area contributed by atoms with E-state index in [-0.39, 0.29) is 0 Å². The Morgan fingerprint density at radius 1 is 1.32 bits per heavy atom. The van der Waals surface area contributed by atoms with Crippen LogP contribution in [0.3, 0.4) is 0 Å². The van der Waals surface area contributed by atoms with E-state index in [1.165, 1.54) is 46.6 Å². The Morgan fingerprint density at radius 3 is 2.79 bits per heavy atom. The van der Waals surface area contributed by atoms with Gasteiger partial charge in [0, 0.05) is 42.2 Å². The van der Waals surface area contributed by atoms with E-state index in [1.54, 1.807) is 0 Å². The number of hydrogen-bond acceptors (Lipinski definition) is 3. The zero-order valence-electron chi connectivity index (χ0n) is 11.6. The van der Waals surface area contributed by atoms with E-state index in [9.17, 15) is 0 Å². The van der Waals surface area contributed by atoms with Crippen molar-refractivity contribution in [1.29, 1.82) is 0 Å². The van der Waals surface area contributed by atoms with Gasteiger partial charge in [-0.15, -0.1) is 0 Å². The molecule has 0 atom stereocenters. The molecule has 1 N–H and O–H groups in total. The molecular formula is C15H23BrN2S. The SMILES string of the molecule is CCCNCc1ccc(CN2CCSCC2)c(Br)c1. The van der Waals surface area contributed by atoms with E-state index >= 15 is 0 Å². The minimum absolute atomic E-state index is 0.965. The first-order chi connectivity index (χ1) is 9.29. The highest BCUT2D eigenvalue weighted by molar-refractivity contribution is 9.10. The summed E-state index contributed by atoms with van der Waals surface area (Å²) in [6, 6.07) is 6.78. The fourth-order valence-corrected chi connectivity index (χ4v) is 3.77. The normalized spacial score (nSPS) is 16.7. The average Bonchev–Trinajstić information content (AvgIpc) is 2.43. The number of nitrogens with one attached hydrogen (secondary N) is 1. The summed E-state index contributed by atoms with van der Waals surface area (Å²) in [5.41, 5.74) is 2.77. The molecule has 106 valence electrons. The molecule has 2 nitrogen and oxygen atoms in total. The van der Waals surface area contributed by atoms with Crippen LogP contribution in [-0.2, 0) is 13.1 Å². The fourth-order valence-electron chi connectivity index (χ4n) is 2.24. The lowest BCUT2D eigenvalue weighted by Crippen LogP contribution is -2.32. The second-order valence-electron chi connectivity index (χ2n) is 4.99. The summed E-state index contributed by atoms with van der Waals surface area (Å²) in [4.78, 5) is 2.55. The molecule has 1 aliphatic rings. The van der Waals surface area contributed by atoms with E-state index in [0.717, 1.165) is 19.6 Å². The first kappa shape index (κ1) is 15.4. The number of benzene rings is 1. The second-order valence-corrected chi connectivity index (χ2v) is 7.07. The largest absolute Gasteiger partial charge is 0.313 e. The van der Waals surface area contributed by atoms with Gasteiger partial charge in [0.05, 0.1) is 0 Å². The molecule has 1 aliphatic heterocycles. The van der Waals surface area contributed by atoms with Crippen LogP contribution < -0.4 is 5.32 Å². The van der Waals surface area contributed by atoms with Gasteiger partial charge in [-0.1, -0.05) is 35.0 Å². The molecule has 0 radical (unpaired) electrons. The van der Waals surface area contributed by atoms with E-state index in [1.807, 2.05) is 0 Å². The van der Waals surface area contributed by atoms with Crippen molar-refractivity contribution in [3.05, 3.63) is 33.8 Å². The summed E-state index contributed by atoms with van der Waals surface area (Å²) in [6.45, 7) is 7.76. The van der Waals surface area contributed by atoms with Gasteiger partial charge in [-0.25, -0.2) is 0 Å². The molecule has 1 fully saturated rings. The zero-order valence-corrected chi connectivity index (χ0v) is 14.0. The number of nitrogens with zero attached hydrogens (tertiary/aromatic N) is 1. The van der Waals surface area contributed by atoms with Crippen LogP contribution in [0, 0.1) is 0 Å². The van der Waals surface area contributed by atoms with Crippen LogP contribution >= 0.6 is 27.7 Å². The first-order valence-corrected chi connectivity index (χ1v) is 9.02. The highest BCUT2D eigenvalue weighted by atomic mass is 79.9. The molecule has 0 aliphatic carbocycles. The van der Waals surface area contributed by atoms with Gasteiger partial charge >= 0.3 is 0 Å². The van der Waals surface area contributed by atoms with Crippen molar-refractivity contribution < 1.29 is 0 Å². The van der Waals surface area contributed by atoms with Crippen molar-refractivity contribution >= 4 is 27.7 Å². The van der Waals surface area contributed by atoms with Crippen LogP contribution in [0.1, 0.15) is 24.5 Å². The van der Waals surface area contributed by atoms with Crippen molar-refractivity contribution in [3.63, 3.8) is 0 Å². The van der Waals surface area contributed by atoms with Gasteiger partial charge in [0.15, 0.2) is 0 Å². The minimum atomic E-state index is 0.965. The Hall–Kier alpha value is -0.0300. The first-order valence-electron chi connectivity index (χ1n) is 7.07. The van der Waals surface area contributed by atoms with Gasteiger partial charge in [0.1, 0.15) is 0 Å². The van der Waals surface area contributed by atoms with E-state index in [4.69, 9.17) is 0 Å². The number of halogens is 1. The summed E-state index contributed by atoms with van der Waals surface area (Å²) in [5.74, 6) is 2.55. The maximum absolute atomic E-state index is 3.72. The molecule has 4 heteroatoms. The van der Waals surface area contributed by atoms with Crippen LogP contribution in [0.15, 0.2) is 22.7 Å². The van der Waals surface area contributed by atoms with Gasteiger partial charge in [0.2, 0.25) is 0 Å². The van der Waals surface area contributed by atoms with Gasteiger partial charge in [-0.05, 0) is 30.2 Å². The van der Waals surface area contributed by atoms with Crippen LogP contribution in [0.25, 0.3) is 0 Å². The van der Waals surface area contributed by atoms with Crippen molar-refractivity contribution in [2.45, 2.75) is 26.4 Å². The Bertz CT molecular complexity index is 392. The van der Waals surface area contributed by atoms with Crippen molar-refractivity contribution in [2.75, 3.05) is 31.1 Å². The lowest BCUT2D eigenvalue weighted by atomic mass is 10.1. The van der Waals surface area contributed by atoms with Gasteiger partial charge in [-0.3, -0.25) is 4.90 Å². The van der Waals surface area contributed by atoms with E-state index in [0.29, 0.717) is 0 Å². The Kier molecular flexibility index (Phi) is 6.71. The second kappa shape index (κ2) is 8.30. The smallest absolute Gasteiger partial charge is 0.0245 e. The minimum Gasteiger partial charge on any atom is -0.313 e. The molecule has 19 heavy (non-hydrogen) atoms. The summed E-state index contributed by atoms with van der Waals surface area (Å²) < 4.78 is 1.25. The third kappa shape index (κ3) is 5.10. The Balaban J connectivity index is 1.90. The number of thioether (sulfide) groups is 1. The maximum Gasteiger partial charge on any atom is 0.0245 e. The summed E-state index contributed by atoms with van der Waals surface area (Å²) in [6.07, 6.45) is 1.19. The maximum atomic E-state index is 3.72. The molecule has 2 rings (SSSR count).